The number of nitriles is 1. The Hall–Kier alpha value is -3.00. The number of carbonyl (C=O) groups is 1. The highest BCUT2D eigenvalue weighted by Gasteiger charge is 2.22. The van der Waals surface area contributed by atoms with E-state index in [2.05, 4.69) is 0 Å². The molecule has 0 aliphatic rings. The van der Waals surface area contributed by atoms with Gasteiger partial charge in [-0.2, -0.15) is 5.26 Å². The maximum Gasteiger partial charge on any atom is 0.411 e. The summed E-state index contributed by atoms with van der Waals surface area (Å²) in [5, 5.41) is 18.8. The van der Waals surface area contributed by atoms with E-state index in [1.54, 1.807) is 12.1 Å². The molecule has 2 aromatic rings. The summed E-state index contributed by atoms with van der Waals surface area (Å²) >= 11 is 0. The lowest BCUT2D eigenvalue weighted by atomic mass is 10.1. The number of rotatable bonds is 4. The lowest BCUT2D eigenvalue weighted by Gasteiger charge is -2.22. The number of phenols is 1. The summed E-state index contributed by atoms with van der Waals surface area (Å²) in [5.41, 5.74) is 1.40. The topological polar surface area (TPSA) is 73.6 Å². The van der Waals surface area contributed by atoms with Crippen molar-refractivity contribution in [1.29, 1.82) is 5.26 Å². The average Bonchev–Trinajstić information content (AvgIpc) is 2.54. The van der Waals surface area contributed by atoms with Crippen LogP contribution < -0.4 is 0 Å². The Bertz CT molecular complexity index is 680. The molecule has 112 valence electrons. The number of phenolic OH excluding ortho intramolecular Hbond substituents is 1. The predicted octanol–water partition coefficient (Wildman–Crippen LogP) is 3.23. The molecule has 2 aromatic carbocycles. The van der Waals surface area contributed by atoms with Crippen molar-refractivity contribution >= 4 is 6.09 Å². The number of nitrogens with zero attached hydrogens (tertiary/aromatic N) is 2. The van der Waals surface area contributed by atoms with Crippen LogP contribution >= 0.6 is 0 Å². The lowest BCUT2D eigenvalue weighted by molar-refractivity contribution is 0.0978. The van der Waals surface area contributed by atoms with Gasteiger partial charge in [0, 0.05) is 7.05 Å². The molecule has 2 rings (SSSR count). The van der Waals surface area contributed by atoms with Gasteiger partial charge < -0.3 is 9.84 Å². The average molecular weight is 296 g/mol. The minimum absolute atomic E-state index is 0.0452. The second-order valence-electron chi connectivity index (χ2n) is 4.78. The van der Waals surface area contributed by atoms with Gasteiger partial charge in [0.25, 0.3) is 0 Å². The molecule has 0 saturated carbocycles. The molecule has 0 radical (unpaired) electrons. The van der Waals surface area contributed by atoms with Gasteiger partial charge in [0.15, 0.2) is 0 Å². The Kier molecular flexibility index (Phi) is 4.99. The quantitative estimate of drug-likeness (QED) is 0.940. The third-order valence-corrected chi connectivity index (χ3v) is 3.19. The zero-order chi connectivity index (χ0) is 15.9. The summed E-state index contributed by atoms with van der Waals surface area (Å²) in [6, 6.07) is 16.8. The molecule has 1 atom stereocenters. The summed E-state index contributed by atoms with van der Waals surface area (Å²) in [4.78, 5) is 13.3. The molecule has 5 heteroatoms. The summed E-state index contributed by atoms with van der Waals surface area (Å²) in [6.45, 7) is 0.141. The molecule has 5 nitrogen and oxygen atoms in total. The van der Waals surface area contributed by atoms with Crippen molar-refractivity contribution < 1.29 is 14.6 Å². The summed E-state index contributed by atoms with van der Waals surface area (Å²) in [5.74, 6) is 0.0452. The number of aromatic hydroxyl groups is 1. The normalized spacial score (nSPS) is 11.3. The summed E-state index contributed by atoms with van der Waals surface area (Å²) in [7, 11) is 1.49. The largest absolute Gasteiger partial charge is 0.508 e. The van der Waals surface area contributed by atoms with E-state index in [0.717, 1.165) is 5.56 Å². The minimum atomic E-state index is -0.824. The van der Waals surface area contributed by atoms with E-state index in [0.29, 0.717) is 5.56 Å². The van der Waals surface area contributed by atoms with Crippen LogP contribution in [0.5, 0.6) is 5.75 Å². The highest BCUT2D eigenvalue weighted by atomic mass is 16.6. The molecule has 0 aliphatic heterocycles. The van der Waals surface area contributed by atoms with Crippen LogP contribution in [0.3, 0.4) is 0 Å². The Morgan fingerprint density at radius 3 is 2.64 bits per heavy atom. The van der Waals surface area contributed by atoms with Crippen molar-refractivity contribution in [3.05, 3.63) is 65.7 Å². The van der Waals surface area contributed by atoms with Gasteiger partial charge in [0.2, 0.25) is 0 Å². The second-order valence-corrected chi connectivity index (χ2v) is 4.78. The Balaban J connectivity index is 2.03. The molecule has 1 amide bonds. The molecule has 22 heavy (non-hydrogen) atoms. The molecule has 1 N–H and O–H groups in total. The fourth-order valence-corrected chi connectivity index (χ4v) is 2.01. The Morgan fingerprint density at radius 1 is 1.27 bits per heavy atom. The smallest absolute Gasteiger partial charge is 0.411 e. The van der Waals surface area contributed by atoms with E-state index >= 15 is 0 Å². The molecule has 0 aromatic heterocycles. The molecular weight excluding hydrogens is 280 g/mol. The zero-order valence-corrected chi connectivity index (χ0v) is 12.1. The van der Waals surface area contributed by atoms with Crippen molar-refractivity contribution in [2.24, 2.45) is 0 Å². The van der Waals surface area contributed by atoms with Gasteiger partial charge in [-0.1, -0.05) is 42.5 Å². The van der Waals surface area contributed by atoms with Gasteiger partial charge in [0.05, 0.1) is 6.07 Å². The number of ether oxygens (including phenoxy) is 1. The number of carbonyl (C=O) groups excluding carboxylic acids is 1. The molecule has 0 saturated heterocycles. The van der Waals surface area contributed by atoms with E-state index in [9.17, 15) is 15.2 Å². The minimum Gasteiger partial charge on any atom is -0.508 e. The van der Waals surface area contributed by atoms with Crippen molar-refractivity contribution in [1.82, 2.24) is 4.90 Å². The van der Waals surface area contributed by atoms with Crippen LogP contribution in [-0.2, 0) is 11.3 Å². The van der Waals surface area contributed by atoms with E-state index in [-0.39, 0.29) is 12.4 Å². The Labute approximate surface area is 129 Å². The number of hydrogen-bond acceptors (Lipinski definition) is 4. The highest BCUT2D eigenvalue weighted by Crippen LogP contribution is 2.23. The summed E-state index contributed by atoms with van der Waals surface area (Å²) in [6.07, 6.45) is -0.598. The van der Waals surface area contributed by atoms with Crippen LogP contribution in [0.25, 0.3) is 0 Å². The second kappa shape index (κ2) is 7.14. The van der Waals surface area contributed by atoms with Crippen LogP contribution in [0.1, 0.15) is 17.2 Å². The van der Waals surface area contributed by atoms with Gasteiger partial charge in [-0.3, -0.25) is 4.90 Å². The first-order valence-electron chi connectivity index (χ1n) is 6.74. The first kappa shape index (κ1) is 15.4. The van der Waals surface area contributed by atoms with E-state index in [4.69, 9.17) is 4.74 Å². The van der Waals surface area contributed by atoms with Crippen LogP contribution in [0.4, 0.5) is 4.79 Å². The van der Waals surface area contributed by atoms with Gasteiger partial charge >= 0.3 is 6.09 Å². The number of amides is 1. The van der Waals surface area contributed by atoms with Crippen LogP contribution in [-0.4, -0.2) is 23.1 Å². The van der Waals surface area contributed by atoms with Gasteiger partial charge in [0.1, 0.15) is 18.4 Å². The predicted molar refractivity (Wildman–Crippen MR) is 80.9 cm³/mol. The van der Waals surface area contributed by atoms with Crippen molar-refractivity contribution in [3.63, 3.8) is 0 Å². The fraction of sp³-hybridized carbons (Fsp3) is 0.176. The van der Waals surface area contributed by atoms with Crippen LogP contribution in [0.15, 0.2) is 54.6 Å². The third-order valence-electron chi connectivity index (χ3n) is 3.19. The molecule has 0 bridgehead atoms. The zero-order valence-electron chi connectivity index (χ0n) is 12.1. The SMILES string of the molecule is CN(C(=O)OCc1ccccc1)C(C#N)c1cccc(O)c1. The molecule has 0 heterocycles. The maximum atomic E-state index is 12.1. The van der Waals surface area contributed by atoms with Gasteiger partial charge in [-0.25, -0.2) is 4.79 Å². The lowest BCUT2D eigenvalue weighted by Crippen LogP contribution is -2.31. The molecule has 0 aliphatic carbocycles. The standard InChI is InChI=1S/C17H16N2O3/c1-19(16(11-18)14-8-5-9-15(20)10-14)17(21)22-12-13-6-3-2-4-7-13/h2-10,16,20H,12H2,1H3. The Morgan fingerprint density at radius 2 is 2.00 bits per heavy atom. The monoisotopic (exact) mass is 296 g/mol. The fourth-order valence-electron chi connectivity index (χ4n) is 2.01. The van der Waals surface area contributed by atoms with Crippen molar-refractivity contribution in [3.8, 4) is 11.8 Å². The third kappa shape index (κ3) is 3.76. The summed E-state index contributed by atoms with van der Waals surface area (Å²) < 4.78 is 5.20. The number of hydrogen-bond donors (Lipinski definition) is 1. The van der Waals surface area contributed by atoms with Crippen molar-refractivity contribution in [2.45, 2.75) is 12.6 Å². The maximum absolute atomic E-state index is 12.1. The molecule has 0 spiro atoms. The first-order valence-corrected chi connectivity index (χ1v) is 6.74. The van der Waals surface area contributed by atoms with E-state index in [1.807, 2.05) is 36.4 Å². The van der Waals surface area contributed by atoms with Crippen molar-refractivity contribution in [2.75, 3.05) is 7.05 Å². The van der Waals surface area contributed by atoms with Crippen LogP contribution in [0.2, 0.25) is 0 Å². The first-order chi connectivity index (χ1) is 10.6. The van der Waals surface area contributed by atoms with Gasteiger partial charge in [-0.05, 0) is 23.3 Å². The molecule has 1 unspecified atom stereocenters. The van der Waals surface area contributed by atoms with E-state index < -0.39 is 12.1 Å². The molecular formula is C17H16N2O3. The molecule has 0 fully saturated rings. The highest BCUT2D eigenvalue weighted by molar-refractivity contribution is 5.68. The van der Waals surface area contributed by atoms with E-state index in [1.165, 1.54) is 24.1 Å². The van der Waals surface area contributed by atoms with Crippen LogP contribution in [0, 0.1) is 11.3 Å². The van der Waals surface area contributed by atoms with Gasteiger partial charge in [-0.15, -0.1) is 0 Å². The number of benzene rings is 2.